The summed E-state index contributed by atoms with van der Waals surface area (Å²) in [5.74, 6) is 0.891. The van der Waals surface area contributed by atoms with Crippen LogP contribution in [0.4, 0.5) is 0 Å². The fraction of sp³-hybridized carbons (Fsp3) is 0.600. The van der Waals surface area contributed by atoms with Gasteiger partial charge in [-0.05, 0) is 31.9 Å². The molecular weight excluding hydrogens is 424 g/mol. The Hall–Kier alpha value is -1.75. The number of nitrogens with zero attached hydrogens (tertiary/aromatic N) is 4. The van der Waals surface area contributed by atoms with E-state index in [-0.39, 0.29) is 12.3 Å². The summed E-state index contributed by atoms with van der Waals surface area (Å²) in [6, 6.07) is 5.36. The monoisotopic (exact) mass is 452 g/mol. The van der Waals surface area contributed by atoms with Crippen molar-refractivity contribution in [1.29, 1.82) is 0 Å². The highest BCUT2D eigenvalue weighted by Crippen LogP contribution is 2.27. The zero-order valence-corrected chi connectivity index (χ0v) is 18.9. The highest BCUT2D eigenvalue weighted by molar-refractivity contribution is 7.91. The van der Waals surface area contributed by atoms with Gasteiger partial charge in [0.05, 0.1) is 18.7 Å². The first kappa shape index (κ1) is 21.5. The lowest BCUT2D eigenvalue weighted by Gasteiger charge is -2.34. The second-order valence-corrected chi connectivity index (χ2v) is 11.3. The van der Waals surface area contributed by atoms with Crippen molar-refractivity contribution in [3.63, 3.8) is 0 Å². The first-order valence-electron chi connectivity index (χ1n) is 10.4. The van der Waals surface area contributed by atoms with Crippen molar-refractivity contribution in [2.75, 3.05) is 39.3 Å². The van der Waals surface area contributed by atoms with E-state index in [1.54, 1.807) is 16.4 Å². The standard InChI is InChI=1S/C20H28N4O4S2/c1-16-13-17(28-21-16)15-22-9-11-23(12-10-22)19(25)14-18-5-6-20(29-18)30(26,27)24-7-3-2-4-8-24/h5-6,13H,2-4,7-12,14-15H2,1H3. The summed E-state index contributed by atoms with van der Waals surface area (Å²) >= 11 is 1.22. The molecule has 1 amide bonds. The van der Waals surface area contributed by atoms with E-state index in [9.17, 15) is 13.2 Å². The van der Waals surface area contributed by atoms with Crippen LogP contribution in [0.2, 0.25) is 0 Å². The molecule has 4 rings (SSSR count). The molecule has 0 unspecified atom stereocenters. The molecule has 0 aromatic carbocycles. The van der Waals surface area contributed by atoms with Crippen LogP contribution in [0.3, 0.4) is 0 Å². The van der Waals surface area contributed by atoms with E-state index in [0.717, 1.165) is 48.7 Å². The van der Waals surface area contributed by atoms with Crippen LogP contribution < -0.4 is 0 Å². The molecule has 2 saturated heterocycles. The Morgan fingerprint density at radius 3 is 2.50 bits per heavy atom. The van der Waals surface area contributed by atoms with Crippen LogP contribution in [0.15, 0.2) is 26.9 Å². The van der Waals surface area contributed by atoms with E-state index in [1.807, 2.05) is 17.9 Å². The van der Waals surface area contributed by atoms with E-state index in [4.69, 9.17) is 4.52 Å². The molecule has 0 saturated carbocycles. The maximum atomic E-state index is 12.8. The number of carbonyl (C=O) groups excluding carboxylic acids is 1. The summed E-state index contributed by atoms with van der Waals surface area (Å²) in [6.45, 7) is 6.67. The van der Waals surface area contributed by atoms with E-state index in [1.165, 1.54) is 11.3 Å². The lowest BCUT2D eigenvalue weighted by atomic mass is 10.2. The van der Waals surface area contributed by atoms with Crippen LogP contribution in [0, 0.1) is 6.92 Å². The molecule has 30 heavy (non-hydrogen) atoms. The predicted molar refractivity (Wildman–Crippen MR) is 114 cm³/mol. The number of carbonyl (C=O) groups is 1. The van der Waals surface area contributed by atoms with Gasteiger partial charge >= 0.3 is 0 Å². The molecule has 0 bridgehead atoms. The predicted octanol–water partition coefficient (Wildman–Crippen LogP) is 2.11. The van der Waals surface area contributed by atoms with Crippen molar-refractivity contribution in [2.24, 2.45) is 0 Å². The van der Waals surface area contributed by atoms with Crippen molar-refractivity contribution in [1.82, 2.24) is 19.3 Å². The van der Waals surface area contributed by atoms with Gasteiger partial charge in [-0.3, -0.25) is 9.69 Å². The number of aryl methyl sites for hydroxylation is 1. The normalized spacial score (nSPS) is 19.3. The van der Waals surface area contributed by atoms with Crippen LogP contribution in [0.5, 0.6) is 0 Å². The Morgan fingerprint density at radius 1 is 1.10 bits per heavy atom. The summed E-state index contributed by atoms with van der Waals surface area (Å²) in [6.07, 6.45) is 3.17. The Balaban J connectivity index is 1.29. The molecule has 8 nitrogen and oxygen atoms in total. The number of hydrogen-bond donors (Lipinski definition) is 0. The fourth-order valence-corrected chi connectivity index (χ4v) is 6.97. The van der Waals surface area contributed by atoms with E-state index >= 15 is 0 Å². The minimum atomic E-state index is -3.43. The summed E-state index contributed by atoms with van der Waals surface area (Å²) in [4.78, 5) is 17.6. The number of thiophene rings is 1. The Morgan fingerprint density at radius 2 is 1.83 bits per heavy atom. The van der Waals surface area contributed by atoms with E-state index in [0.29, 0.717) is 36.9 Å². The Kier molecular flexibility index (Phi) is 6.57. The number of hydrogen-bond acceptors (Lipinski definition) is 7. The molecule has 2 fully saturated rings. The van der Waals surface area contributed by atoms with E-state index < -0.39 is 10.0 Å². The van der Waals surface area contributed by atoms with Crippen molar-refractivity contribution in [3.8, 4) is 0 Å². The van der Waals surface area contributed by atoms with Gasteiger partial charge in [-0.1, -0.05) is 11.6 Å². The number of piperazine rings is 1. The molecule has 2 aromatic rings. The third-order valence-electron chi connectivity index (χ3n) is 5.65. The molecule has 0 spiro atoms. The molecule has 2 aromatic heterocycles. The van der Waals surface area contributed by atoms with Crippen LogP contribution in [0.1, 0.15) is 35.6 Å². The minimum Gasteiger partial charge on any atom is -0.360 e. The smallest absolute Gasteiger partial charge is 0.252 e. The molecule has 10 heteroatoms. The molecule has 2 aliphatic rings. The topological polar surface area (TPSA) is 87.0 Å². The minimum absolute atomic E-state index is 0.0499. The number of piperidine rings is 1. The third-order valence-corrected chi connectivity index (χ3v) is 9.10. The molecule has 164 valence electrons. The Labute approximate surface area is 181 Å². The molecule has 0 atom stereocenters. The quantitative estimate of drug-likeness (QED) is 0.667. The van der Waals surface area contributed by atoms with Gasteiger partial charge in [0.1, 0.15) is 4.21 Å². The van der Waals surface area contributed by atoms with Gasteiger partial charge in [0.15, 0.2) is 5.76 Å². The van der Waals surface area contributed by atoms with Crippen LogP contribution in [-0.2, 0) is 27.8 Å². The zero-order chi connectivity index (χ0) is 21.1. The van der Waals surface area contributed by atoms with Crippen LogP contribution >= 0.6 is 11.3 Å². The van der Waals surface area contributed by atoms with Gasteiger partial charge in [-0.15, -0.1) is 11.3 Å². The second kappa shape index (κ2) is 9.17. The molecule has 2 aliphatic heterocycles. The number of rotatable bonds is 6. The van der Waals surface area contributed by atoms with Crippen LogP contribution in [-0.4, -0.2) is 72.9 Å². The second-order valence-electron chi connectivity index (χ2n) is 7.95. The summed E-state index contributed by atoms with van der Waals surface area (Å²) in [5, 5.41) is 3.91. The SMILES string of the molecule is Cc1cc(CN2CCN(C(=O)Cc3ccc(S(=O)(=O)N4CCCCC4)s3)CC2)on1. The molecular formula is C20H28N4O4S2. The fourth-order valence-electron chi connectivity index (χ4n) is 3.95. The van der Waals surface area contributed by atoms with Gasteiger partial charge in [0.2, 0.25) is 5.91 Å². The van der Waals surface area contributed by atoms with Crippen molar-refractivity contribution in [3.05, 3.63) is 34.5 Å². The van der Waals surface area contributed by atoms with E-state index in [2.05, 4.69) is 10.1 Å². The maximum absolute atomic E-state index is 12.8. The number of sulfonamides is 1. The average molecular weight is 453 g/mol. The molecule has 0 N–H and O–H groups in total. The first-order valence-corrected chi connectivity index (χ1v) is 12.7. The van der Waals surface area contributed by atoms with Crippen LogP contribution in [0.25, 0.3) is 0 Å². The van der Waals surface area contributed by atoms with Gasteiger partial charge in [-0.25, -0.2) is 8.42 Å². The zero-order valence-electron chi connectivity index (χ0n) is 17.2. The van der Waals surface area contributed by atoms with Crippen molar-refractivity contribution < 1.29 is 17.7 Å². The van der Waals surface area contributed by atoms with Crippen molar-refractivity contribution in [2.45, 2.75) is 43.4 Å². The van der Waals surface area contributed by atoms with Gasteiger partial charge in [-0.2, -0.15) is 4.31 Å². The average Bonchev–Trinajstić information content (AvgIpc) is 3.38. The highest BCUT2D eigenvalue weighted by atomic mass is 32.2. The molecule has 4 heterocycles. The Bertz CT molecular complexity index is 971. The number of aromatic nitrogens is 1. The summed E-state index contributed by atoms with van der Waals surface area (Å²) in [7, 11) is -3.43. The molecule has 0 aliphatic carbocycles. The molecule has 0 radical (unpaired) electrons. The lowest BCUT2D eigenvalue weighted by Crippen LogP contribution is -2.48. The first-order chi connectivity index (χ1) is 14.4. The lowest BCUT2D eigenvalue weighted by molar-refractivity contribution is -0.132. The highest BCUT2D eigenvalue weighted by Gasteiger charge is 2.28. The number of amides is 1. The summed E-state index contributed by atoms with van der Waals surface area (Å²) in [5.41, 5.74) is 0.872. The largest absolute Gasteiger partial charge is 0.360 e. The van der Waals surface area contributed by atoms with Gasteiger partial charge in [0, 0.05) is 50.2 Å². The van der Waals surface area contributed by atoms with Crippen molar-refractivity contribution >= 4 is 27.3 Å². The third kappa shape index (κ3) is 4.93. The maximum Gasteiger partial charge on any atom is 0.252 e. The summed E-state index contributed by atoms with van der Waals surface area (Å²) < 4.78 is 32.8. The van der Waals surface area contributed by atoms with Gasteiger partial charge in [0.25, 0.3) is 10.0 Å². The van der Waals surface area contributed by atoms with Gasteiger partial charge < -0.3 is 9.42 Å².